The van der Waals surface area contributed by atoms with Crippen molar-refractivity contribution < 1.29 is 4.79 Å². The van der Waals surface area contributed by atoms with E-state index < -0.39 is 0 Å². The lowest BCUT2D eigenvalue weighted by Gasteiger charge is -2.32. The number of amides is 1. The van der Waals surface area contributed by atoms with Crippen LogP contribution in [0.2, 0.25) is 0 Å². The fourth-order valence-electron chi connectivity index (χ4n) is 1.64. The molecule has 0 radical (unpaired) electrons. The summed E-state index contributed by atoms with van der Waals surface area (Å²) >= 11 is 0. The molecule has 16 heavy (non-hydrogen) atoms. The van der Waals surface area contributed by atoms with Gasteiger partial charge in [-0.1, -0.05) is 12.1 Å². The summed E-state index contributed by atoms with van der Waals surface area (Å²) in [5.41, 5.74) is 0. The van der Waals surface area contributed by atoms with Gasteiger partial charge in [0.05, 0.1) is 6.04 Å². The van der Waals surface area contributed by atoms with Crippen LogP contribution in [0.5, 0.6) is 0 Å². The Balaban J connectivity index is 1.86. The molecule has 1 saturated heterocycles. The van der Waals surface area contributed by atoms with Gasteiger partial charge in [-0.05, 0) is 25.9 Å². The molecule has 2 unspecified atom stereocenters. The van der Waals surface area contributed by atoms with Crippen molar-refractivity contribution in [3.8, 4) is 0 Å². The van der Waals surface area contributed by atoms with E-state index in [1.54, 1.807) is 0 Å². The van der Waals surface area contributed by atoms with E-state index in [2.05, 4.69) is 31.3 Å². The number of aromatic nitrogens is 4. The molecule has 1 aromatic heterocycles. The molecule has 2 heterocycles. The van der Waals surface area contributed by atoms with Gasteiger partial charge in [-0.2, -0.15) is 5.21 Å². The van der Waals surface area contributed by atoms with Crippen molar-refractivity contribution in [3.05, 3.63) is 5.82 Å². The van der Waals surface area contributed by atoms with Gasteiger partial charge in [0.15, 0.2) is 5.82 Å². The normalized spacial score (nSPS) is 19.9. The molecule has 1 aliphatic heterocycles. The maximum atomic E-state index is 11.9. The van der Waals surface area contributed by atoms with Crippen LogP contribution >= 0.6 is 0 Å². The highest BCUT2D eigenvalue weighted by atomic mass is 16.2. The van der Waals surface area contributed by atoms with E-state index in [0.29, 0.717) is 11.7 Å². The molecule has 88 valence electrons. The number of hydrogen-bond donors (Lipinski definition) is 3. The van der Waals surface area contributed by atoms with E-state index in [4.69, 9.17) is 0 Å². The van der Waals surface area contributed by atoms with E-state index >= 15 is 0 Å². The van der Waals surface area contributed by atoms with Gasteiger partial charge in [0.1, 0.15) is 0 Å². The molecule has 0 aromatic carbocycles. The lowest BCUT2D eigenvalue weighted by Crippen LogP contribution is -2.49. The molecule has 7 heteroatoms. The van der Waals surface area contributed by atoms with Crippen molar-refractivity contribution in [1.29, 1.82) is 0 Å². The Hall–Kier alpha value is -1.50. The van der Waals surface area contributed by atoms with Crippen molar-refractivity contribution >= 4 is 5.91 Å². The molecular weight excluding hydrogens is 208 g/mol. The van der Waals surface area contributed by atoms with Crippen LogP contribution in [0.1, 0.15) is 25.7 Å². The second-order valence-electron chi connectivity index (χ2n) is 4.21. The average molecular weight is 224 g/mol. The number of aromatic amines is 1. The van der Waals surface area contributed by atoms with Gasteiger partial charge >= 0.3 is 0 Å². The molecule has 0 spiro atoms. The lowest BCUT2D eigenvalue weighted by atomic mass is 9.88. The highest BCUT2D eigenvalue weighted by molar-refractivity contribution is 5.79. The Kier molecular flexibility index (Phi) is 3.14. The third-order valence-electron chi connectivity index (χ3n) is 3.04. The highest BCUT2D eigenvalue weighted by Gasteiger charge is 2.29. The zero-order valence-electron chi connectivity index (χ0n) is 9.40. The van der Waals surface area contributed by atoms with E-state index in [9.17, 15) is 4.79 Å². The van der Waals surface area contributed by atoms with E-state index in [1.165, 1.54) is 0 Å². The first-order chi connectivity index (χ1) is 7.68. The van der Waals surface area contributed by atoms with Crippen LogP contribution < -0.4 is 10.6 Å². The summed E-state index contributed by atoms with van der Waals surface area (Å²) < 4.78 is 0. The summed E-state index contributed by atoms with van der Waals surface area (Å²) in [5, 5.41) is 19.5. The largest absolute Gasteiger partial charge is 0.346 e. The van der Waals surface area contributed by atoms with E-state index in [0.717, 1.165) is 13.1 Å². The third kappa shape index (κ3) is 2.19. The van der Waals surface area contributed by atoms with Gasteiger partial charge < -0.3 is 10.6 Å². The van der Waals surface area contributed by atoms with Crippen molar-refractivity contribution in [2.24, 2.45) is 11.8 Å². The Morgan fingerprint density at radius 1 is 1.50 bits per heavy atom. The molecule has 3 N–H and O–H groups in total. The van der Waals surface area contributed by atoms with Crippen LogP contribution in [0, 0.1) is 11.8 Å². The summed E-state index contributed by atoms with van der Waals surface area (Å²) in [5.74, 6) is 1.02. The van der Waals surface area contributed by atoms with Crippen LogP contribution in [-0.2, 0) is 4.79 Å². The number of rotatable bonds is 4. The van der Waals surface area contributed by atoms with Crippen LogP contribution in [0.15, 0.2) is 0 Å². The van der Waals surface area contributed by atoms with E-state index in [1.807, 2.05) is 13.8 Å². The maximum absolute atomic E-state index is 11.9. The molecule has 0 aliphatic carbocycles. The zero-order valence-corrected chi connectivity index (χ0v) is 9.40. The maximum Gasteiger partial charge on any atom is 0.223 e. The van der Waals surface area contributed by atoms with E-state index in [-0.39, 0.29) is 17.9 Å². The molecule has 0 saturated carbocycles. The molecule has 7 nitrogen and oxygen atoms in total. The van der Waals surface area contributed by atoms with Crippen LogP contribution in [-0.4, -0.2) is 39.6 Å². The Bertz CT molecular complexity index is 347. The fourth-order valence-corrected chi connectivity index (χ4v) is 1.64. The predicted molar refractivity (Wildman–Crippen MR) is 56.3 cm³/mol. The number of tetrazole rings is 1. The molecule has 1 fully saturated rings. The SMILES string of the molecule is CC(NC(=O)C(C)C1CNC1)c1nn[nH]n1. The summed E-state index contributed by atoms with van der Waals surface area (Å²) in [6.45, 7) is 5.63. The molecule has 2 rings (SSSR count). The lowest BCUT2D eigenvalue weighted by molar-refractivity contribution is -0.127. The van der Waals surface area contributed by atoms with Crippen molar-refractivity contribution in [3.63, 3.8) is 0 Å². The monoisotopic (exact) mass is 224 g/mol. The van der Waals surface area contributed by atoms with Gasteiger partial charge in [-0.25, -0.2) is 0 Å². The van der Waals surface area contributed by atoms with Crippen molar-refractivity contribution in [2.75, 3.05) is 13.1 Å². The minimum absolute atomic E-state index is 0.0237. The number of nitrogens with zero attached hydrogens (tertiary/aromatic N) is 3. The Labute approximate surface area is 93.4 Å². The minimum atomic E-state index is -0.207. The summed E-state index contributed by atoms with van der Waals surface area (Å²) in [6, 6.07) is -0.207. The van der Waals surface area contributed by atoms with Gasteiger partial charge in [-0.3, -0.25) is 4.79 Å². The van der Waals surface area contributed by atoms with Gasteiger partial charge in [-0.15, -0.1) is 10.2 Å². The zero-order chi connectivity index (χ0) is 11.5. The van der Waals surface area contributed by atoms with Gasteiger partial charge in [0.25, 0.3) is 0 Å². The molecule has 0 bridgehead atoms. The minimum Gasteiger partial charge on any atom is -0.346 e. The number of hydrogen-bond acceptors (Lipinski definition) is 5. The summed E-state index contributed by atoms with van der Waals surface area (Å²) in [6.07, 6.45) is 0. The molecule has 1 amide bonds. The van der Waals surface area contributed by atoms with Crippen LogP contribution in [0.4, 0.5) is 0 Å². The average Bonchev–Trinajstić information content (AvgIpc) is 2.67. The molecule has 1 aliphatic rings. The highest BCUT2D eigenvalue weighted by Crippen LogP contribution is 2.17. The molecular formula is C9H16N6O. The van der Waals surface area contributed by atoms with Crippen molar-refractivity contribution in [1.82, 2.24) is 31.3 Å². The summed E-state index contributed by atoms with van der Waals surface area (Å²) in [7, 11) is 0. The second-order valence-corrected chi connectivity index (χ2v) is 4.21. The number of nitrogens with one attached hydrogen (secondary N) is 3. The number of carbonyl (C=O) groups is 1. The Morgan fingerprint density at radius 3 is 2.75 bits per heavy atom. The Morgan fingerprint density at radius 2 is 2.25 bits per heavy atom. The van der Waals surface area contributed by atoms with Crippen molar-refractivity contribution in [2.45, 2.75) is 19.9 Å². The molecule has 2 atom stereocenters. The third-order valence-corrected chi connectivity index (χ3v) is 3.04. The topological polar surface area (TPSA) is 95.6 Å². The molecule has 1 aromatic rings. The van der Waals surface area contributed by atoms with Gasteiger partial charge in [0.2, 0.25) is 5.91 Å². The number of H-pyrrole nitrogens is 1. The predicted octanol–water partition coefficient (Wildman–Crippen LogP) is -0.768. The first kappa shape index (κ1) is 11.0. The summed E-state index contributed by atoms with van der Waals surface area (Å²) in [4.78, 5) is 11.9. The first-order valence-electron chi connectivity index (χ1n) is 5.43. The van der Waals surface area contributed by atoms with Gasteiger partial charge in [0, 0.05) is 5.92 Å². The smallest absolute Gasteiger partial charge is 0.223 e. The standard InChI is InChI=1S/C9H16N6O/c1-5(7-3-10-4-7)9(16)11-6(2)8-12-14-15-13-8/h5-7,10H,3-4H2,1-2H3,(H,11,16)(H,12,13,14,15). The fraction of sp³-hybridized carbons (Fsp3) is 0.778. The number of carbonyl (C=O) groups excluding carboxylic acids is 1. The van der Waals surface area contributed by atoms with Crippen LogP contribution in [0.3, 0.4) is 0 Å². The quantitative estimate of drug-likeness (QED) is 0.624. The van der Waals surface area contributed by atoms with Crippen LogP contribution in [0.25, 0.3) is 0 Å². The second kappa shape index (κ2) is 4.56. The first-order valence-corrected chi connectivity index (χ1v) is 5.43.